The van der Waals surface area contributed by atoms with Crippen molar-refractivity contribution in [3.05, 3.63) is 35.5 Å². The van der Waals surface area contributed by atoms with Crippen molar-refractivity contribution in [1.82, 2.24) is 4.90 Å². The summed E-state index contributed by atoms with van der Waals surface area (Å²) in [5.74, 6) is 1.17. The predicted molar refractivity (Wildman–Crippen MR) is 84.4 cm³/mol. The quantitative estimate of drug-likeness (QED) is 0.791. The van der Waals surface area contributed by atoms with E-state index in [0.29, 0.717) is 37.6 Å². The van der Waals surface area contributed by atoms with Gasteiger partial charge < -0.3 is 19.1 Å². The van der Waals surface area contributed by atoms with Gasteiger partial charge in [-0.1, -0.05) is 12.1 Å². The second kappa shape index (κ2) is 8.28. The van der Waals surface area contributed by atoms with Crippen LogP contribution in [0.4, 0.5) is 13.2 Å². The molecule has 24 heavy (non-hydrogen) atoms. The summed E-state index contributed by atoms with van der Waals surface area (Å²) in [5, 5.41) is 0. The maximum atomic E-state index is 13.3. The Labute approximate surface area is 139 Å². The first-order valence-corrected chi connectivity index (χ1v) is 7.76. The number of methoxy groups -OCH3 is 2. The molecule has 1 aliphatic heterocycles. The second-order valence-electron chi connectivity index (χ2n) is 5.41. The molecule has 0 amide bonds. The number of nitrogens with zero attached hydrogens (tertiary/aromatic N) is 1. The standard InChI is InChI=1S/C17H22F3NO3/c1-22-14-7-6-13(12-15(14)23-2)4-3-5-16(17(18,19)20)21-8-10-24-11-9-21/h5-7,12H,3-4,8-11H2,1-2H3/b16-5+. The van der Waals surface area contributed by atoms with Gasteiger partial charge >= 0.3 is 6.18 Å². The third-order valence-electron chi connectivity index (χ3n) is 3.86. The van der Waals surface area contributed by atoms with Gasteiger partial charge in [-0.15, -0.1) is 0 Å². The minimum atomic E-state index is -4.35. The Balaban J connectivity index is 2.06. The second-order valence-corrected chi connectivity index (χ2v) is 5.41. The Hall–Kier alpha value is -1.89. The van der Waals surface area contributed by atoms with Crippen molar-refractivity contribution < 1.29 is 27.4 Å². The molecule has 7 heteroatoms. The first kappa shape index (κ1) is 18.4. The molecule has 0 bridgehead atoms. The molecule has 134 valence electrons. The zero-order chi connectivity index (χ0) is 17.6. The van der Waals surface area contributed by atoms with Crippen LogP contribution in [0.1, 0.15) is 12.0 Å². The van der Waals surface area contributed by atoms with Gasteiger partial charge in [0.25, 0.3) is 0 Å². The molecule has 0 spiro atoms. The van der Waals surface area contributed by atoms with E-state index in [1.54, 1.807) is 12.1 Å². The first-order valence-electron chi connectivity index (χ1n) is 7.76. The molecule has 1 aliphatic rings. The van der Waals surface area contributed by atoms with Crippen LogP contribution < -0.4 is 9.47 Å². The van der Waals surface area contributed by atoms with Crippen LogP contribution in [0.2, 0.25) is 0 Å². The molecule has 0 aromatic heterocycles. The highest BCUT2D eigenvalue weighted by molar-refractivity contribution is 5.43. The average Bonchev–Trinajstić information content (AvgIpc) is 2.58. The Kier molecular flexibility index (Phi) is 6.36. The monoisotopic (exact) mass is 345 g/mol. The number of ether oxygens (including phenoxy) is 3. The van der Waals surface area contributed by atoms with Gasteiger partial charge in [-0.3, -0.25) is 0 Å². The number of allylic oxidation sites excluding steroid dienone is 2. The Morgan fingerprint density at radius 3 is 2.42 bits per heavy atom. The normalized spacial score (nSPS) is 16.2. The molecular weight excluding hydrogens is 323 g/mol. The van der Waals surface area contributed by atoms with E-state index in [-0.39, 0.29) is 13.1 Å². The molecule has 0 N–H and O–H groups in total. The van der Waals surface area contributed by atoms with Crippen LogP contribution in [0.3, 0.4) is 0 Å². The number of alkyl halides is 3. The molecule has 0 radical (unpaired) electrons. The smallest absolute Gasteiger partial charge is 0.430 e. The summed E-state index contributed by atoms with van der Waals surface area (Å²) in [6, 6.07) is 5.37. The van der Waals surface area contributed by atoms with Crippen molar-refractivity contribution in [3.63, 3.8) is 0 Å². The SMILES string of the molecule is COc1ccc(CC/C=C(/N2CCOCC2)C(F)(F)F)cc1OC. The van der Waals surface area contributed by atoms with Crippen LogP contribution >= 0.6 is 0 Å². The molecule has 0 aliphatic carbocycles. The summed E-state index contributed by atoms with van der Waals surface area (Å²) >= 11 is 0. The Morgan fingerprint density at radius 2 is 1.83 bits per heavy atom. The van der Waals surface area contributed by atoms with Gasteiger partial charge in [-0.2, -0.15) is 13.2 Å². The molecule has 1 aromatic rings. The van der Waals surface area contributed by atoms with E-state index in [2.05, 4.69) is 0 Å². The first-order chi connectivity index (χ1) is 11.5. The third kappa shape index (κ3) is 4.80. The molecular formula is C17H22F3NO3. The lowest BCUT2D eigenvalue weighted by Gasteiger charge is -2.32. The maximum absolute atomic E-state index is 13.3. The van der Waals surface area contributed by atoms with Crippen LogP contribution in [-0.4, -0.2) is 51.6 Å². The van der Waals surface area contributed by atoms with Crippen molar-refractivity contribution in [2.75, 3.05) is 40.5 Å². The number of benzene rings is 1. The van der Waals surface area contributed by atoms with Crippen LogP contribution in [0, 0.1) is 0 Å². The predicted octanol–water partition coefficient (Wildman–Crippen LogP) is 3.41. The van der Waals surface area contributed by atoms with Crippen molar-refractivity contribution in [3.8, 4) is 11.5 Å². The van der Waals surface area contributed by atoms with E-state index in [9.17, 15) is 13.2 Å². The zero-order valence-corrected chi connectivity index (χ0v) is 13.9. The summed E-state index contributed by atoms with van der Waals surface area (Å²) in [6.45, 7) is 1.18. The van der Waals surface area contributed by atoms with Gasteiger partial charge in [0.15, 0.2) is 11.5 Å². The van der Waals surface area contributed by atoms with E-state index >= 15 is 0 Å². The topological polar surface area (TPSA) is 30.9 Å². The van der Waals surface area contributed by atoms with Gasteiger partial charge in [-0.25, -0.2) is 0 Å². The minimum absolute atomic E-state index is 0.266. The third-order valence-corrected chi connectivity index (χ3v) is 3.86. The number of aryl methyl sites for hydroxylation is 1. The number of rotatable bonds is 6. The summed E-state index contributed by atoms with van der Waals surface area (Å²) in [4.78, 5) is 1.35. The van der Waals surface area contributed by atoms with Crippen molar-refractivity contribution >= 4 is 0 Å². The van der Waals surface area contributed by atoms with E-state index in [0.717, 1.165) is 5.56 Å². The molecule has 1 heterocycles. The number of halogens is 3. The molecule has 1 aromatic carbocycles. The Bertz CT molecular complexity index is 567. The van der Waals surface area contributed by atoms with Gasteiger partial charge in [-0.05, 0) is 30.5 Å². The highest BCUT2D eigenvalue weighted by atomic mass is 19.4. The number of morpholine rings is 1. The van der Waals surface area contributed by atoms with Crippen LogP contribution in [0.25, 0.3) is 0 Å². The summed E-state index contributed by atoms with van der Waals surface area (Å²) in [5.41, 5.74) is 0.318. The average molecular weight is 345 g/mol. The highest BCUT2D eigenvalue weighted by Gasteiger charge is 2.37. The van der Waals surface area contributed by atoms with E-state index < -0.39 is 11.9 Å². The van der Waals surface area contributed by atoms with E-state index in [4.69, 9.17) is 14.2 Å². The lowest BCUT2D eigenvalue weighted by atomic mass is 10.1. The van der Waals surface area contributed by atoms with Crippen LogP contribution in [0.15, 0.2) is 30.0 Å². The molecule has 0 saturated carbocycles. The summed E-state index contributed by atoms with van der Waals surface area (Å²) < 4.78 is 55.3. The summed E-state index contributed by atoms with van der Waals surface area (Å²) in [7, 11) is 3.07. The minimum Gasteiger partial charge on any atom is -0.493 e. The fourth-order valence-corrected chi connectivity index (χ4v) is 2.64. The van der Waals surface area contributed by atoms with Crippen molar-refractivity contribution in [2.24, 2.45) is 0 Å². The number of hydrogen-bond donors (Lipinski definition) is 0. The van der Waals surface area contributed by atoms with Gasteiger partial charge in [0.2, 0.25) is 0 Å². The molecule has 0 atom stereocenters. The van der Waals surface area contributed by atoms with E-state index in [1.807, 2.05) is 6.07 Å². The van der Waals surface area contributed by atoms with E-state index in [1.165, 1.54) is 25.2 Å². The van der Waals surface area contributed by atoms with Crippen molar-refractivity contribution in [1.29, 1.82) is 0 Å². The van der Waals surface area contributed by atoms with Gasteiger partial charge in [0.05, 0.1) is 27.4 Å². The molecule has 0 unspecified atom stereocenters. The molecule has 1 fully saturated rings. The maximum Gasteiger partial charge on any atom is 0.430 e. The lowest BCUT2D eigenvalue weighted by Crippen LogP contribution is -2.40. The number of hydrogen-bond acceptors (Lipinski definition) is 4. The fraction of sp³-hybridized carbons (Fsp3) is 0.529. The largest absolute Gasteiger partial charge is 0.493 e. The van der Waals surface area contributed by atoms with Gasteiger partial charge in [0.1, 0.15) is 5.70 Å². The highest BCUT2D eigenvalue weighted by Crippen LogP contribution is 2.31. The van der Waals surface area contributed by atoms with Crippen molar-refractivity contribution in [2.45, 2.75) is 19.0 Å². The lowest BCUT2D eigenvalue weighted by molar-refractivity contribution is -0.118. The zero-order valence-electron chi connectivity index (χ0n) is 13.9. The Morgan fingerprint density at radius 1 is 1.17 bits per heavy atom. The molecule has 1 saturated heterocycles. The fourth-order valence-electron chi connectivity index (χ4n) is 2.64. The summed E-state index contributed by atoms with van der Waals surface area (Å²) in [6.07, 6.45) is -2.30. The van der Waals surface area contributed by atoms with Crippen LogP contribution in [-0.2, 0) is 11.2 Å². The van der Waals surface area contributed by atoms with Gasteiger partial charge in [0, 0.05) is 13.1 Å². The molecule has 4 nitrogen and oxygen atoms in total. The molecule has 2 rings (SSSR count). The van der Waals surface area contributed by atoms with Crippen LogP contribution in [0.5, 0.6) is 11.5 Å².